The van der Waals surface area contributed by atoms with Gasteiger partial charge in [-0.25, -0.2) is 0 Å². The van der Waals surface area contributed by atoms with E-state index in [9.17, 15) is 10.2 Å². The molecule has 0 aliphatic heterocycles. The zero-order valence-electron chi connectivity index (χ0n) is 13.5. The number of rotatable bonds is 1. The third-order valence-electron chi connectivity index (χ3n) is 7.02. The van der Waals surface area contributed by atoms with E-state index >= 15 is 0 Å². The minimum Gasteiger partial charge on any atom is -0.508 e. The molecule has 1 aromatic carbocycles. The molecule has 2 N–H and O–H groups in total. The lowest BCUT2D eigenvalue weighted by atomic mass is 9.54. The van der Waals surface area contributed by atoms with Crippen molar-refractivity contribution < 1.29 is 14.9 Å². The monoisotopic (exact) mass is 302 g/mol. The molecule has 0 heterocycles. The number of ether oxygens (including phenoxy) is 1. The van der Waals surface area contributed by atoms with Gasteiger partial charge in [-0.05, 0) is 73.1 Å². The van der Waals surface area contributed by atoms with E-state index in [1.165, 1.54) is 17.5 Å². The van der Waals surface area contributed by atoms with E-state index in [1.54, 1.807) is 7.11 Å². The van der Waals surface area contributed by atoms with Crippen molar-refractivity contribution in [2.75, 3.05) is 7.11 Å². The Labute approximate surface area is 132 Å². The Balaban J connectivity index is 1.76. The molecule has 2 fully saturated rings. The number of hydrogen-bond acceptors (Lipinski definition) is 3. The molecule has 1 unspecified atom stereocenters. The van der Waals surface area contributed by atoms with Crippen LogP contribution in [0.5, 0.6) is 5.75 Å². The molecule has 3 heteroatoms. The molecule has 6 atom stereocenters. The Morgan fingerprint density at radius 3 is 2.82 bits per heavy atom. The minimum atomic E-state index is -0.232. The third-order valence-corrected chi connectivity index (χ3v) is 7.02. The first-order chi connectivity index (χ1) is 10.6. The van der Waals surface area contributed by atoms with E-state index in [-0.39, 0.29) is 17.6 Å². The van der Waals surface area contributed by atoms with Gasteiger partial charge < -0.3 is 14.9 Å². The van der Waals surface area contributed by atoms with Crippen LogP contribution in [0, 0.1) is 17.3 Å². The average molecular weight is 302 g/mol. The Hall–Kier alpha value is -1.06. The highest BCUT2D eigenvalue weighted by Crippen LogP contribution is 2.61. The number of aliphatic hydroxyl groups excluding tert-OH is 1. The van der Waals surface area contributed by atoms with E-state index in [0.29, 0.717) is 23.5 Å². The molecular formula is C19H26O3. The summed E-state index contributed by atoms with van der Waals surface area (Å²) in [4.78, 5) is 0. The summed E-state index contributed by atoms with van der Waals surface area (Å²) in [5.41, 5.74) is 2.61. The van der Waals surface area contributed by atoms with Crippen LogP contribution in [0.1, 0.15) is 49.7 Å². The molecule has 0 saturated heterocycles. The second kappa shape index (κ2) is 4.97. The van der Waals surface area contributed by atoms with Gasteiger partial charge in [-0.2, -0.15) is 0 Å². The van der Waals surface area contributed by atoms with Crippen LogP contribution in [0.25, 0.3) is 0 Å². The number of phenolic OH excluding ortho intramolecular Hbond substituents is 1. The molecule has 3 aliphatic carbocycles. The smallest absolute Gasteiger partial charge is 0.115 e. The SMILES string of the molecule is COC1C[C@@H]2c3ccc(O)cc3CC[C@H]2[C@@H]2CC[C@H](O)[C@@]12C. The van der Waals surface area contributed by atoms with E-state index in [2.05, 4.69) is 13.0 Å². The highest BCUT2D eigenvalue weighted by atomic mass is 16.5. The zero-order chi connectivity index (χ0) is 15.5. The van der Waals surface area contributed by atoms with Crippen LogP contribution < -0.4 is 0 Å². The Morgan fingerprint density at radius 1 is 1.23 bits per heavy atom. The average Bonchev–Trinajstić information content (AvgIpc) is 2.82. The number of aromatic hydroxyl groups is 1. The van der Waals surface area contributed by atoms with Crippen LogP contribution in [0.4, 0.5) is 0 Å². The molecule has 120 valence electrons. The highest BCUT2D eigenvalue weighted by Gasteiger charge is 2.59. The first-order valence-corrected chi connectivity index (χ1v) is 8.58. The molecule has 0 spiro atoms. The van der Waals surface area contributed by atoms with Crippen molar-refractivity contribution in [3.8, 4) is 5.75 Å². The summed E-state index contributed by atoms with van der Waals surface area (Å²) in [7, 11) is 1.79. The molecular weight excluding hydrogens is 276 g/mol. The summed E-state index contributed by atoms with van der Waals surface area (Å²) < 4.78 is 5.86. The lowest BCUT2D eigenvalue weighted by Gasteiger charge is -2.53. The van der Waals surface area contributed by atoms with Crippen molar-refractivity contribution in [2.24, 2.45) is 17.3 Å². The summed E-state index contributed by atoms with van der Waals surface area (Å²) in [5.74, 6) is 2.08. The summed E-state index contributed by atoms with van der Waals surface area (Å²) in [6.07, 6.45) is 5.12. The number of aryl methyl sites for hydroxylation is 1. The summed E-state index contributed by atoms with van der Waals surface area (Å²) >= 11 is 0. The van der Waals surface area contributed by atoms with Gasteiger partial charge in [0.05, 0.1) is 12.2 Å². The largest absolute Gasteiger partial charge is 0.508 e. The van der Waals surface area contributed by atoms with Gasteiger partial charge in [-0.15, -0.1) is 0 Å². The lowest BCUT2D eigenvalue weighted by Crippen LogP contribution is -2.53. The molecule has 4 rings (SSSR count). The Kier molecular flexibility index (Phi) is 3.28. The summed E-state index contributed by atoms with van der Waals surface area (Å²) in [6, 6.07) is 5.87. The third kappa shape index (κ3) is 1.82. The van der Waals surface area contributed by atoms with Gasteiger partial charge in [0, 0.05) is 12.5 Å². The van der Waals surface area contributed by atoms with Crippen LogP contribution >= 0.6 is 0 Å². The maximum Gasteiger partial charge on any atom is 0.115 e. The highest BCUT2D eigenvalue weighted by molar-refractivity contribution is 5.40. The molecule has 3 nitrogen and oxygen atoms in total. The zero-order valence-corrected chi connectivity index (χ0v) is 13.5. The molecule has 0 amide bonds. The number of fused-ring (bicyclic) bond motifs is 5. The van der Waals surface area contributed by atoms with Gasteiger partial charge in [0.15, 0.2) is 0 Å². The quantitative estimate of drug-likeness (QED) is 0.837. The Bertz CT molecular complexity index is 584. The van der Waals surface area contributed by atoms with E-state index in [0.717, 1.165) is 25.7 Å². The van der Waals surface area contributed by atoms with Gasteiger partial charge in [0.1, 0.15) is 5.75 Å². The fraction of sp³-hybridized carbons (Fsp3) is 0.684. The fourth-order valence-corrected chi connectivity index (χ4v) is 5.88. The van der Waals surface area contributed by atoms with E-state index < -0.39 is 0 Å². The standard InChI is InChI=1S/C19H26O3/c1-19-16(7-8-17(19)21)14-5-3-11-9-12(20)4-6-13(11)15(14)10-18(19)22-2/h4,6,9,14-18,20-21H,3,5,7-8,10H2,1-2H3/t14-,15-,16+,17+,18?,19+/m1/s1. The first kappa shape index (κ1) is 14.5. The number of benzene rings is 1. The number of hydrogen-bond donors (Lipinski definition) is 2. The molecule has 0 radical (unpaired) electrons. The van der Waals surface area contributed by atoms with Gasteiger partial charge in [-0.1, -0.05) is 13.0 Å². The lowest BCUT2D eigenvalue weighted by molar-refractivity contribution is -0.130. The maximum atomic E-state index is 10.6. The van der Waals surface area contributed by atoms with Gasteiger partial charge in [-0.3, -0.25) is 0 Å². The summed E-state index contributed by atoms with van der Waals surface area (Å²) in [5, 5.41) is 20.3. The van der Waals surface area contributed by atoms with Crippen molar-refractivity contribution in [3.63, 3.8) is 0 Å². The van der Waals surface area contributed by atoms with E-state index in [4.69, 9.17) is 4.74 Å². The second-order valence-corrected chi connectivity index (χ2v) is 7.72. The van der Waals surface area contributed by atoms with Crippen LogP contribution in [-0.4, -0.2) is 29.5 Å². The van der Waals surface area contributed by atoms with Gasteiger partial charge >= 0.3 is 0 Å². The predicted octanol–water partition coefficient (Wildman–Crippen LogP) is 3.23. The Morgan fingerprint density at radius 2 is 2.05 bits per heavy atom. The molecule has 3 aliphatic rings. The predicted molar refractivity (Wildman–Crippen MR) is 84.9 cm³/mol. The number of methoxy groups -OCH3 is 1. The molecule has 0 bridgehead atoms. The normalized spacial score (nSPS) is 43.3. The van der Waals surface area contributed by atoms with Crippen molar-refractivity contribution in [3.05, 3.63) is 29.3 Å². The summed E-state index contributed by atoms with van der Waals surface area (Å²) in [6.45, 7) is 2.24. The number of phenols is 1. The molecule has 0 aromatic heterocycles. The van der Waals surface area contributed by atoms with Crippen LogP contribution in [0.15, 0.2) is 18.2 Å². The van der Waals surface area contributed by atoms with Crippen LogP contribution in [-0.2, 0) is 11.2 Å². The van der Waals surface area contributed by atoms with Crippen molar-refractivity contribution in [2.45, 2.75) is 57.2 Å². The maximum absolute atomic E-state index is 10.6. The van der Waals surface area contributed by atoms with E-state index in [1.807, 2.05) is 12.1 Å². The molecule has 22 heavy (non-hydrogen) atoms. The van der Waals surface area contributed by atoms with Crippen molar-refractivity contribution in [1.29, 1.82) is 0 Å². The minimum absolute atomic E-state index is 0.0929. The molecule has 2 saturated carbocycles. The second-order valence-electron chi connectivity index (χ2n) is 7.72. The van der Waals surface area contributed by atoms with Crippen molar-refractivity contribution >= 4 is 0 Å². The van der Waals surface area contributed by atoms with Crippen LogP contribution in [0.2, 0.25) is 0 Å². The molecule has 1 aromatic rings. The first-order valence-electron chi connectivity index (χ1n) is 8.58. The van der Waals surface area contributed by atoms with Crippen LogP contribution in [0.3, 0.4) is 0 Å². The van der Waals surface area contributed by atoms with Gasteiger partial charge in [0.2, 0.25) is 0 Å². The topological polar surface area (TPSA) is 49.7 Å². The fourth-order valence-electron chi connectivity index (χ4n) is 5.88. The van der Waals surface area contributed by atoms with Crippen molar-refractivity contribution in [1.82, 2.24) is 0 Å². The number of aliphatic hydroxyl groups is 1. The van der Waals surface area contributed by atoms with Gasteiger partial charge in [0.25, 0.3) is 0 Å².